The summed E-state index contributed by atoms with van der Waals surface area (Å²) in [6.45, 7) is 6.98. The number of alkyl halides is 6. The molecule has 0 amide bonds. The number of rotatable bonds is 6. The van der Waals surface area contributed by atoms with Gasteiger partial charge in [-0.15, -0.1) is 6.58 Å². The van der Waals surface area contributed by atoms with Crippen LogP contribution in [0.4, 0.5) is 26.3 Å². The van der Waals surface area contributed by atoms with Gasteiger partial charge in [0.2, 0.25) is 6.17 Å². The molecule has 0 aliphatic heterocycles. The largest absolute Gasteiger partial charge is 1.00 e. The molecule has 5 nitrogen and oxygen atoms in total. The van der Waals surface area contributed by atoms with Crippen molar-refractivity contribution < 1.29 is 67.7 Å². The van der Waals surface area contributed by atoms with Crippen molar-refractivity contribution in [3.05, 3.63) is 24.8 Å². The summed E-state index contributed by atoms with van der Waals surface area (Å²) in [5, 5.41) is 0. The predicted octanol–water partition coefficient (Wildman–Crippen LogP) is -0.289. The third-order valence-electron chi connectivity index (χ3n) is 1.67. The summed E-state index contributed by atoms with van der Waals surface area (Å²) in [6, 6.07) is 0. The maximum absolute atomic E-state index is 12.6. The first kappa shape index (κ1) is 27.9. The van der Waals surface area contributed by atoms with Gasteiger partial charge in [-0.2, -0.15) is 22.0 Å². The number of carbonyl (C=O) groups is 1. The molecule has 0 aliphatic carbocycles. The van der Waals surface area contributed by atoms with Crippen molar-refractivity contribution in [2.45, 2.75) is 31.8 Å². The second-order valence-corrected chi connectivity index (χ2v) is 5.48. The molecule has 0 aliphatic rings. The van der Waals surface area contributed by atoms with Gasteiger partial charge in [0.05, 0.1) is 22.3 Å². The van der Waals surface area contributed by atoms with Gasteiger partial charge in [-0.3, -0.25) is 0 Å². The van der Waals surface area contributed by atoms with Crippen molar-refractivity contribution in [2.75, 3.05) is 5.75 Å². The van der Waals surface area contributed by atoms with Crippen molar-refractivity contribution in [2.24, 2.45) is 0 Å². The molecule has 0 radical (unpaired) electrons. The molecule has 0 heterocycles. The quantitative estimate of drug-likeness (QED) is 0.158. The molecule has 0 bridgehead atoms. The molecule has 0 N–H and O–H groups in total. The Morgan fingerprint density at radius 2 is 1.71 bits per heavy atom. The Kier molecular flexibility index (Phi) is 12.6. The molecular weight excluding hydrogens is 365 g/mol. The molecule has 0 rings (SSSR count). The first-order chi connectivity index (χ1) is 10.0. The van der Waals surface area contributed by atoms with Gasteiger partial charge in [-0.1, -0.05) is 12.7 Å². The van der Waals surface area contributed by atoms with E-state index in [0.29, 0.717) is 0 Å². The van der Waals surface area contributed by atoms with E-state index in [-0.39, 0.29) is 18.9 Å². The maximum Gasteiger partial charge on any atom is 1.00 e. The second kappa shape index (κ2) is 10.8. The van der Waals surface area contributed by atoms with Crippen LogP contribution in [-0.2, 0) is 19.6 Å². The second-order valence-electron chi connectivity index (χ2n) is 4.03. The van der Waals surface area contributed by atoms with E-state index in [1.807, 2.05) is 0 Å². The molecular formula is C11H13F6LiO5S. The Morgan fingerprint density at radius 3 is 1.92 bits per heavy atom. The zero-order chi connectivity index (χ0) is 19.1. The van der Waals surface area contributed by atoms with Gasteiger partial charge in [0.1, 0.15) is 0 Å². The minimum absolute atomic E-state index is 0. The summed E-state index contributed by atoms with van der Waals surface area (Å²) in [5.74, 6) is -2.14. The molecule has 136 valence electrons. The van der Waals surface area contributed by atoms with E-state index in [4.69, 9.17) is 0 Å². The fourth-order valence-corrected chi connectivity index (χ4v) is 1.03. The van der Waals surface area contributed by atoms with Gasteiger partial charge < -0.3 is 9.29 Å². The third kappa shape index (κ3) is 15.9. The SMILES string of the molecule is C=C(C)C(=O)OC(F)(F)C(F)CC(F)(F)F.C=CCS(=O)(=O)[O-].[Li+]. The fraction of sp³-hybridized carbons (Fsp3) is 0.545. The first-order valence-electron chi connectivity index (χ1n) is 5.53. The molecule has 0 aromatic heterocycles. The van der Waals surface area contributed by atoms with Crippen LogP contribution in [-0.4, -0.2) is 43.1 Å². The summed E-state index contributed by atoms with van der Waals surface area (Å²) >= 11 is 0. The third-order valence-corrected chi connectivity index (χ3v) is 2.32. The van der Waals surface area contributed by atoms with Crippen LogP contribution < -0.4 is 18.9 Å². The van der Waals surface area contributed by atoms with Crippen molar-refractivity contribution >= 4 is 16.1 Å². The number of halogens is 6. The summed E-state index contributed by atoms with van der Waals surface area (Å²) < 4.78 is 105. The van der Waals surface area contributed by atoms with E-state index < -0.39 is 52.3 Å². The van der Waals surface area contributed by atoms with Gasteiger partial charge in [0.25, 0.3) is 0 Å². The molecule has 0 saturated heterocycles. The van der Waals surface area contributed by atoms with Crippen molar-refractivity contribution in [3.63, 3.8) is 0 Å². The Bertz CT molecular complexity index is 532. The molecule has 0 fully saturated rings. The van der Waals surface area contributed by atoms with E-state index in [1.54, 1.807) is 0 Å². The van der Waals surface area contributed by atoms with Crippen LogP contribution in [0.3, 0.4) is 0 Å². The molecule has 0 saturated carbocycles. The number of esters is 1. The molecule has 1 atom stereocenters. The van der Waals surface area contributed by atoms with Gasteiger partial charge in [0.15, 0.2) is 0 Å². The summed E-state index contributed by atoms with van der Waals surface area (Å²) in [5.41, 5.74) is -0.473. The summed E-state index contributed by atoms with van der Waals surface area (Å²) in [6.07, 6.45) is -14.9. The molecule has 1 unspecified atom stereocenters. The average molecular weight is 378 g/mol. The Morgan fingerprint density at radius 1 is 1.29 bits per heavy atom. The Hall–Kier alpha value is -0.963. The van der Waals surface area contributed by atoms with Crippen LogP contribution in [0, 0.1) is 0 Å². The topological polar surface area (TPSA) is 83.5 Å². The number of carbonyl (C=O) groups excluding carboxylic acids is 1. The summed E-state index contributed by atoms with van der Waals surface area (Å²) in [7, 11) is -4.04. The van der Waals surface area contributed by atoms with Crippen LogP contribution in [0.1, 0.15) is 13.3 Å². The van der Waals surface area contributed by atoms with Crippen LogP contribution >= 0.6 is 0 Å². The van der Waals surface area contributed by atoms with E-state index in [9.17, 15) is 44.1 Å². The molecule has 0 spiro atoms. The normalized spacial score (nSPS) is 12.8. The van der Waals surface area contributed by atoms with E-state index >= 15 is 0 Å². The number of ether oxygens (including phenoxy) is 1. The molecule has 13 heteroatoms. The molecule has 0 aromatic carbocycles. The van der Waals surface area contributed by atoms with Crippen LogP contribution in [0.25, 0.3) is 0 Å². The Balaban J connectivity index is -0.000000468. The predicted molar refractivity (Wildman–Crippen MR) is 66.2 cm³/mol. The van der Waals surface area contributed by atoms with Crippen LogP contribution in [0.5, 0.6) is 0 Å². The van der Waals surface area contributed by atoms with Gasteiger partial charge in [-0.05, 0) is 6.92 Å². The minimum Gasteiger partial charge on any atom is -0.748 e. The Labute approximate surface area is 146 Å². The zero-order valence-electron chi connectivity index (χ0n) is 12.7. The van der Waals surface area contributed by atoms with Gasteiger partial charge in [-0.25, -0.2) is 17.6 Å². The number of hydrogen-bond acceptors (Lipinski definition) is 5. The van der Waals surface area contributed by atoms with Gasteiger partial charge >= 0.3 is 37.1 Å². The van der Waals surface area contributed by atoms with Crippen molar-refractivity contribution in [1.82, 2.24) is 0 Å². The number of hydrogen-bond donors (Lipinski definition) is 0. The van der Waals surface area contributed by atoms with E-state index in [0.717, 1.165) is 13.0 Å². The molecule has 24 heavy (non-hydrogen) atoms. The van der Waals surface area contributed by atoms with Crippen molar-refractivity contribution in [3.8, 4) is 0 Å². The standard InChI is InChI=1S/C8H8F6O2.C3H6O3S.Li/c1-4(2)6(15)16-8(13,14)5(9)3-7(10,11)12;1-2-3-7(4,5)6;/h5H,1,3H2,2H3;2H,1,3H2,(H,4,5,6);/q;;+1/p-1. The summed E-state index contributed by atoms with van der Waals surface area (Å²) in [4.78, 5) is 10.6. The smallest absolute Gasteiger partial charge is 0.748 e. The zero-order valence-corrected chi connectivity index (χ0v) is 13.5. The maximum atomic E-state index is 12.6. The first-order valence-corrected chi connectivity index (χ1v) is 7.11. The minimum atomic E-state index is -5.11. The van der Waals surface area contributed by atoms with Crippen molar-refractivity contribution in [1.29, 1.82) is 0 Å². The average Bonchev–Trinajstić information content (AvgIpc) is 2.24. The van der Waals surface area contributed by atoms with E-state index in [1.165, 1.54) is 0 Å². The van der Waals surface area contributed by atoms with Crippen LogP contribution in [0.15, 0.2) is 24.8 Å². The van der Waals surface area contributed by atoms with Gasteiger partial charge in [0, 0.05) is 5.57 Å². The van der Waals surface area contributed by atoms with E-state index in [2.05, 4.69) is 17.9 Å². The van der Waals surface area contributed by atoms with Crippen LogP contribution in [0.2, 0.25) is 0 Å². The molecule has 0 aromatic rings. The monoisotopic (exact) mass is 378 g/mol. The fourth-order valence-electron chi connectivity index (χ4n) is 0.741.